The molecule has 0 amide bonds. The molecular weight excluding hydrogens is 172 g/mol. The third-order valence-corrected chi connectivity index (χ3v) is 2.02. The van der Waals surface area contributed by atoms with Crippen LogP contribution in [0.1, 0.15) is 50.8 Å². The summed E-state index contributed by atoms with van der Waals surface area (Å²) in [5, 5.41) is 9.61. The molecule has 0 heterocycles. The Labute approximate surface area is 87.8 Å². The largest absolute Gasteiger partial charge is 0.388 e. The quantitative estimate of drug-likeness (QED) is 0.774. The molecule has 0 radical (unpaired) electrons. The highest BCUT2D eigenvalue weighted by atomic mass is 16.3. The summed E-state index contributed by atoms with van der Waals surface area (Å²) in [5.41, 5.74) is 2.27. The van der Waals surface area contributed by atoms with E-state index in [9.17, 15) is 5.11 Å². The van der Waals surface area contributed by atoms with Gasteiger partial charge in [0.1, 0.15) is 0 Å². The zero-order valence-corrected chi connectivity index (χ0v) is 9.75. The topological polar surface area (TPSA) is 20.2 Å². The van der Waals surface area contributed by atoms with Gasteiger partial charge in [-0.3, -0.25) is 0 Å². The van der Waals surface area contributed by atoms with Gasteiger partial charge in [-0.25, -0.2) is 0 Å². The van der Waals surface area contributed by atoms with Crippen molar-refractivity contribution in [2.45, 2.75) is 46.6 Å². The molecule has 1 unspecified atom stereocenters. The molecule has 1 aromatic rings. The summed E-state index contributed by atoms with van der Waals surface area (Å²) < 4.78 is 0. The number of aryl methyl sites for hydroxylation is 1. The van der Waals surface area contributed by atoms with Gasteiger partial charge in [0.2, 0.25) is 0 Å². The zero-order valence-electron chi connectivity index (χ0n) is 9.75. The molecule has 0 spiro atoms. The molecular formula is C13H22O. The first-order valence-electron chi connectivity index (χ1n) is 5.48. The molecule has 0 fully saturated rings. The summed E-state index contributed by atoms with van der Waals surface area (Å²) in [6.07, 6.45) is 1.59. The van der Waals surface area contributed by atoms with Crippen molar-refractivity contribution in [2.24, 2.45) is 0 Å². The fraction of sp³-hybridized carbons (Fsp3) is 0.538. The molecule has 14 heavy (non-hydrogen) atoms. The number of rotatable bonds is 3. The lowest BCUT2D eigenvalue weighted by molar-refractivity contribution is 0.166. The number of aliphatic hydroxyl groups is 1. The van der Waals surface area contributed by atoms with Crippen LogP contribution in [0.25, 0.3) is 0 Å². The van der Waals surface area contributed by atoms with Crippen molar-refractivity contribution in [1.29, 1.82) is 0 Å². The smallest absolute Gasteiger partial charge is 0.0790 e. The van der Waals surface area contributed by atoms with E-state index in [0.717, 1.165) is 18.4 Å². The van der Waals surface area contributed by atoms with Gasteiger partial charge in [0.25, 0.3) is 0 Å². The highest BCUT2D eigenvalue weighted by Crippen LogP contribution is 2.17. The van der Waals surface area contributed by atoms with Crippen molar-refractivity contribution in [1.82, 2.24) is 0 Å². The van der Waals surface area contributed by atoms with Crippen LogP contribution in [0.5, 0.6) is 0 Å². The molecule has 0 aliphatic rings. The molecule has 1 atom stereocenters. The van der Waals surface area contributed by atoms with Crippen molar-refractivity contribution in [3.8, 4) is 0 Å². The van der Waals surface area contributed by atoms with Crippen LogP contribution in [0.4, 0.5) is 0 Å². The van der Waals surface area contributed by atoms with Gasteiger partial charge in [0.15, 0.2) is 0 Å². The van der Waals surface area contributed by atoms with E-state index in [0.29, 0.717) is 0 Å². The highest BCUT2D eigenvalue weighted by Gasteiger charge is 2.04. The average Bonchev–Trinajstić information content (AvgIpc) is 2.22. The van der Waals surface area contributed by atoms with Gasteiger partial charge in [-0.2, -0.15) is 0 Å². The molecule has 0 aromatic heterocycles. The maximum Gasteiger partial charge on any atom is 0.0790 e. The number of benzene rings is 1. The van der Waals surface area contributed by atoms with Gasteiger partial charge in [-0.15, -0.1) is 0 Å². The summed E-state index contributed by atoms with van der Waals surface area (Å²) in [4.78, 5) is 0. The lowest BCUT2D eigenvalue weighted by atomic mass is 10.0. The van der Waals surface area contributed by atoms with Gasteiger partial charge in [-0.1, -0.05) is 57.0 Å². The Morgan fingerprint density at radius 2 is 1.64 bits per heavy atom. The molecule has 1 heteroatoms. The number of hydrogen-bond acceptors (Lipinski definition) is 1. The molecule has 0 aliphatic heterocycles. The molecule has 0 saturated heterocycles. The maximum atomic E-state index is 9.61. The second-order valence-corrected chi connectivity index (χ2v) is 3.22. The van der Waals surface area contributed by atoms with Crippen LogP contribution >= 0.6 is 0 Å². The van der Waals surface area contributed by atoms with Crippen LogP contribution < -0.4 is 0 Å². The minimum absolute atomic E-state index is 0.282. The maximum absolute atomic E-state index is 9.61. The molecule has 0 saturated carbocycles. The lowest BCUT2D eigenvalue weighted by Gasteiger charge is -2.08. The van der Waals surface area contributed by atoms with Crippen molar-refractivity contribution in [2.75, 3.05) is 0 Å². The van der Waals surface area contributed by atoms with Gasteiger partial charge in [0.05, 0.1) is 6.10 Å². The second-order valence-electron chi connectivity index (χ2n) is 3.22. The van der Waals surface area contributed by atoms with Crippen molar-refractivity contribution < 1.29 is 5.11 Å². The van der Waals surface area contributed by atoms with Crippen LogP contribution in [-0.2, 0) is 0 Å². The molecule has 0 aliphatic carbocycles. The third-order valence-electron chi connectivity index (χ3n) is 2.02. The predicted octanol–water partition coefficient (Wildman–Crippen LogP) is 3.85. The minimum atomic E-state index is -0.282. The van der Waals surface area contributed by atoms with E-state index >= 15 is 0 Å². The lowest BCUT2D eigenvalue weighted by Crippen LogP contribution is -1.95. The third kappa shape index (κ3) is 4.43. The summed E-state index contributed by atoms with van der Waals surface area (Å²) in [6, 6.07) is 8.06. The van der Waals surface area contributed by atoms with Gasteiger partial charge in [-0.05, 0) is 18.9 Å². The molecule has 80 valence electrons. The highest BCUT2D eigenvalue weighted by molar-refractivity contribution is 5.22. The Kier molecular flexibility index (Phi) is 7.13. The Bertz CT molecular complexity index is 225. The van der Waals surface area contributed by atoms with E-state index in [4.69, 9.17) is 0 Å². The normalized spacial score (nSPS) is 11.5. The molecule has 0 bridgehead atoms. The summed E-state index contributed by atoms with van der Waals surface area (Å²) in [7, 11) is 0. The Morgan fingerprint density at radius 3 is 2.07 bits per heavy atom. The number of aliphatic hydroxyl groups excluding tert-OH is 1. The first kappa shape index (κ1) is 13.2. The predicted molar refractivity (Wildman–Crippen MR) is 62.4 cm³/mol. The number of hydrogen-bond donors (Lipinski definition) is 1. The Hall–Kier alpha value is -0.820. The van der Waals surface area contributed by atoms with E-state index in [1.807, 2.05) is 38.1 Å². The van der Waals surface area contributed by atoms with Crippen LogP contribution in [0.3, 0.4) is 0 Å². The average molecular weight is 194 g/mol. The first-order valence-corrected chi connectivity index (χ1v) is 5.48. The van der Waals surface area contributed by atoms with E-state index in [1.54, 1.807) is 0 Å². The first-order chi connectivity index (χ1) is 6.74. The molecule has 1 nitrogen and oxygen atoms in total. The molecule has 1 N–H and O–H groups in total. The van der Waals surface area contributed by atoms with Crippen LogP contribution in [0.2, 0.25) is 0 Å². The summed E-state index contributed by atoms with van der Waals surface area (Å²) in [6.45, 7) is 8.13. The fourth-order valence-corrected chi connectivity index (χ4v) is 1.23. The second kappa shape index (κ2) is 7.57. The monoisotopic (exact) mass is 194 g/mol. The SMILES string of the molecule is CC.CCCC(O)c1ccc(C)cc1. The van der Waals surface area contributed by atoms with Crippen molar-refractivity contribution in [3.63, 3.8) is 0 Å². The minimum Gasteiger partial charge on any atom is -0.388 e. The Morgan fingerprint density at radius 1 is 1.14 bits per heavy atom. The molecule has 1 aromatic carbocycles. The van der Waals surface area contributed by atoms with E-state index in [-0.39, 0.29) is 6.10 Å². The standard InChI is InChI=1S/C11H16O.C2H6/c1-3-4-11(12)10-7-5-9(2)6-8-10;1-2/h5-8,11-12H,3-4H2,1-2H3;1-2H3. The van der Waals surface area contributed by atoms with E-state index < -0.39 is 0 Å². The molecule has 1 rings (SSSR count). The van der Waals surface area contributed by atoms with Crippen LogP contribution in [0, 0.1) is 6.92 Å². The van der Waals surface area contributed by atoms with Crippen molar-refractivity contribution in [3.05, 3.63) is 35.4 Å². The zero-order chi connectivity index (χ0) is 11.0. The van der Waals surface area contributed by atoms with Gasteiger partial charge < -0.3 is 5.11 Å². The van der Waals surface area contributed by atoms with Crippen LogP contribution in [-0.4, -0.2) is 5.11 Å². The van der Waals surface area contributed by atoms with E-state index in [2.05, 4.69) is 13.8 Å². The van der Waals surface area contributed by atoms with Crippen molar-refractivity contribution >= 4 is 0 Å². The van der Waals surface area contributed by atoms with Crippen LogP contribution in [0.15, 0.2) is 24.3 Å². The van der Waals surface area contributed by atoms with Gasteiger partial charge >= 0.3 is 0 Å². The summed E-state index contributed by atoms with van der Waals surface area (Å²) in [5.74, 6) is 0. The fourth-order valence-electron chi connectivity index (χ4n) is 1.23. The van der Waals surface area contributed by atoms with E-state index in [1.165, 1.54) is 5.56 Å². The Balaban J connectivity index is 0.000000791. The summed E-state index contributed by atoms with van der Waals surface area (Å²) >= 11 is 0. The van der Waals surface area contributed by atoms with Gasteiger partial charge in [0, 0.05) is 0 Å².